The molecule has 0 spiro atoms. The van der Waals surface area contributed by atoms with E-state index in [4.69, 9.17) is 16.3 Å². The smallest absolute Gasteiger partial charge is 0.308 e. The number of sulfone groups is 1. The molecule has 1 N–H and O–H groups in total. The van der Waals surface area contributed by atoms with Gasteiger partial charge in [-0.1, -0.05) is 23.7 Å². The third-order valence-electron chi connectivity index (χ3n) is 4.08. The highest BCUT2D eigenvalue weighted by Crippen LogP contribution is 2.41. The second kappa shape index (κ2) is 5.26. The van der Waals surface area contributed by atoms with E-state index in [-0.39, 0.29) is 12.2 Å². The number of aliphatic hydroxyl groups is 1. The predicted molar refractivity (Wildman–Crippen MR) is 76.8 cm³/mol. The highest BCUT2D eigenvalue weighted by molar-refractivity contribution is 7.91. The van der Waals surface area contributed by atoms with E-state index in [0.29, 0.717) is 17.9 Å². The van der Waals surface area contributed by atoms with Crippen LogP contribution in [0.15, 0.2) is 18.2 Å². The van der Waals surface area contributed by atoms with Gasteiger partial charge >= 0.3 is 5.97 Å². The summed E-state index contributed by atoms with van der Waals surface area (Å²) in [6.07, 6.45) is -1.07. The van der Waals surface area contributed by atoms with Crippen LogP contribution in [0.1, 0.15) is 29.2 Å². The zero-order valence-corrected chi connectivity index (χ0v) is 12.7. The molecule has 1 saturated heterocycles. The summed E-state index contributed by atoms with van der Waals surface area (Å²) in [7, 11) is -3.53. The van der Waals surface area contributed by atoms with Crippen molar-refractivity contribution in [3.63, 3.8) is 0 Å². The normalized spacial score (nSPS) is 28.5. The van der Waals surface area contributed by atoms with E-state index >= 15 is 0 Å². The molecule has 0 bridgehead atoms. The molecular weight excluding hydrogens is 316 g/mol. The van der Waals surface area contributed by atoms with Crippen LogP contribution in [0.25, 0.3) is 0 Å². The lowest BCUT2D eigenvalue weighted by molar-refractivity contribution is -0.140. The van der Waals surface area contributed by atoms with E-state index in [1.165, 1.54) is 0 Å². The number of esters is 1. The fraction of sp³-hybridized carbons (Fsp3) is 0.500. The van der Waals surface area contributed by atoms with Gasteiger partial charge in [0.05, 0.1) is 17.4 Å². The van der Waals surface area contributed by atoms with Gasteiger partial charge in [0, 0.05) is 5.02 Å². The number of carbonyl (C=O) groups is 1. The largest absolute Gasteiger partial charge is 0.458 e. The van der Waals surface area contributed by atoms with Gasteiger partial charge in [0.15, 0.2) is 9.84 Å². The Hall–Kier alpha value is -1.11. The van der Waals surface area contributed by atoms with Crippen molar-refractivity contribution in [1.82, 2.24) is 0 Å². The summed E-state index contributed by atoms with van der Waals surface area (Å²) >= 11 is 6.09. The second-order valence-electron chi connectivity index (χ2n) is 5.46. The lowest BCUT2D eigenvalue weighted by Gasteiger charge is -2.18. The summed E-state index contributed by atoms with van der Waals surface area (Å²) in [5.41, 5.74) is 1.60. The molecule has 1 fully saturated rings. The van der Waals surface area contributed by atoms with E-state index in [1.807, 2.05) is 0 Å². The average molecular weight is 331 g/mol. The molecule has 1 unspecified atom stereocenters. The molecule has 1 aliphatic carbocycles. The molecule has 1 aromatic carbocycles. The number of ether oxygens (including phenoxy) is 1. The van der Waals surface area contributed by atoms with Crippen molar-refractivity contribution < 1.29 is 23.1 Å². The number of carbonyl (C=O) groups excluding carboxylic acids is 1. The summed E-state index contributed by atoms with van der Waals surface area (Å²) in [5.74, 6) is -0.908. The molecule has 1 heterocycles. The van der Waals surface area contributed by atoms with Gasteiger partial charge in [0.1, 0.15) is 12.2 Å². The first-order valence-corrected chi connectivity index (χ1v) is 8.84. The van der Waals surface area contributed by atoms with Gasteiger partial charge in [-0.3, -0.25) is 4.79 Å². The third-order valence-corrected chi connectivity index (χ3v) is 6.58. The van der Waals surface area contributed by atoms with Crippen LogP contribution >= 0.6 is 11.6 Å². The van der Waals surface area contributed by atoms with Gasteiger partial charge in [0.25, 0.3) is 0 Å². The van der Waals surface area contributed by atoms with Crippen molar-refractivity contribution in [2.45, 2.75) is 36.7 Å². The first-order valence-electron chi connectivity index (χ1n) is 6.75. The van der Waals surface area contributed by atoms with Crippen LogP contribution < -0.4 is 0 Å². The maximum absolute atomic E-state index is 12.6. The highest BCUT2D eigenvalue weighted by Gasteiger charge is 2.41. The standard InChI is InChI=1S/C14H15ClO5S/c15-10-3-1-2-9-8(10)4-5-13(9)21(18,19)7-12-11(16)6-14(17)20-12/h1-3,11-13,16H,4-7H2/t11-,12+,13?/m0/s1. The van der Waals surface area contributed by atoms with Crippen molar-refractivity contribution in [3.05, 3.63) is 34.3 Å². The Kier molecular flexibility index (Phi) is 3.71. The molecule has 21 heavy (non-hydrogen) atoms. The van der Waals surface area contributed by atoms with E-state index in [0.717, 1.165) is 11.1 Å². The quantitative estimate of drug-likeness (QED) is 0.848. The Labute approximate surface area is 127 Å². The molecule has 1 aromatic rings. The molecule has 114 valence electrons. The summed E-state index contributed by atoms with van der Waals surface area (Å²) in [6, 6.07) is 5.25. The first-order chi connectivity index (χ1) is 9.88. The molecule has 0 radical (unpaired) electrons. The van der Waals surface area contributed by atoms with Crippen molar-refractivity contribution in [3.8, 4) is 0 Å². The minimum absolute atomic E-state index is 0.146. The number of rotatable bonds is 3. The zero-order chi connectivity index (χ0) is 15.2. The van der Waals surface area contributed by atoms with Crippen molar-refractivity contribution in [2.75, 3.05) is 5.75 Å². The molecular formula is C14H15ClO5S. The van der Waals surface area contributed by atoms with E-state index in [9.17, 15) is 18.3 Å². The van der Waals surface area contributed by atoms with Crippen molar-refractivity contribution >= 4 is 27.4 Å². The Bertz CT molecular complexity index is 685. The van der Waals surface area contributed by atoms with Gasteiger partial charge in [0.2, 0.25) is 0 Å². The van der Waals surface area contributed by atoms with Gasteiger partial charge in [-0.2, -0.15) is 0 Å². The molecule has 0 aromatic heterocycles. The molecule has 3 atom stereocenters. The number of fused-ring (bicyclic) bond motifs is 1. The van der Waals surface area contributed by atoms with Crippen LogP contribution in [-0.2, 0) is 25.8 Å². The number of hydrogen-bond donors (Lipinski definition) is 1. The van der Waals surface area contributed by atoms with Crippen LogP contribution in [0.3, 0.4) is 0 Å². The summed E-state index contributed by atoms with van der Waals surface area (Å²) in [4.78, 5) is 11.1. The molecule has 5 nitrogen and oxygen atoms in total. The van der Waals surface area contributed by atoms with E-state index in [1.54, 1.807) is 18.2 Å². The van der Waals surface area contributed by atoms with Gasteiger partial charge in [-0.05, 0) is 30.0 Å². The van der Waals surface area contributed by atoms with Crippen LogP contribution in [0.2, 0.25) is 5.02 Å². The Morgan fingerprint density at radius 3 is 2.81 bits per heavy atom. The summed E-state index contributed by atoms with van der Waals surface area (Å²) < 4.78 is 30.0. The Morgan fingerprint density at radius 2 is 2.14 bits per heavy atom. The SMILES string of the molecule is O=C1C[C@H](O)[C@@H](CS(=O)(=O)C2CCc3c(Cl)cccc32)O1. The second-order valence-corrected chi connectivity index (χ2v) is 8.10. The van der Waals surface area contributed by atoms with Crippen molar-refractivity contribution in [2.24, 2.45) is 0 Å². The topological polar surface area (TPSA) is 80.7 Å². The maximum atomic E-state index is 12.6. The third kappa shape index (κ3) is 2.67. The minimum atomic E-state index is -3.53. The lowest BCUT2D eigenvalue weighted by Crippen LogP contribution is -2.31. The van der Waals surface area contributed by atoms with Crippen LogP contribution in [0.5, 0.6) is 0 Å². The van der Waals surface area contributed by atoms with Crippen LogP contribution in [-0.4, -0.2) is 37.5 Å². The van der Waals surface area contributed by atoms with E-state index < -0.39 is 33.3 Å². The molecule has 7 heteroatoms. The highest BCUT2D eigenvalue weighted by atomic mass is 35.5. The number of benzene rings is 1. The monoisotopic (exact) mass is 330 g/mol. The van der Waals surface area contributed by atoms with Gasteiger partial charge < -0.3 is 9.84 Å². The molecule has 3 rings (SSSR count). The zero-order valence-electron chi connectivity index (χ0n) is 11.2. The molecule has 0 amide bonds. The fourth-order valence-corrected chi connectivity index (χ4v) is 5.37. The van der Waals surface area contributed by atoms with Gasteiger partial charge in [-0.25, -0.2) is 8.42 Å². The number of aliphatic hydroxyl groups excluding tert-OH is 1. The van der Waals surface area contributed by atoms with Crippen LogP contribution in [0, 0.1) is 0 Å². The number of halogens is 1. The van der Waals surface area contributed by atoms with E-state index in [2.05, 4.69) is 0 Å². The minimum Gasteiger partial charge on any atom is -0.458 e. The van der Waals surface area contributed by atoms with Crippen molar-refractivity contribution in [1.29, 1.82) is 0 Å². The van der Waals surface area contributed by atoms with Crippen LogP contribution in [0.4, 0.5) is 0 Å². The molecule has 0 saturated carbocycles. The number of hydrogen-bond acceptors (Lipinski definition) is 5. The Morgan fingerprint density at radius 1 is 1.38 bits per heavy atom. The lowest BCUT2D eigenvalue weighted by atomic mass is 10.1. The fourth-order valence-electron chi connectivity index (χ4n) is 3.03. The summed E-state index contributed by atoms with van der Waals surface area (Å²) in [5, 5.41) is 9.61. The first kappa shape index (κ1) is 14.8. The molecule has 2 aliphatic rings. The predicted octanol–water partition coefficient (Wildman–Crippen LogP) is 1.42. The molecule has 1 aliphatic heterocycles. The van der Waals surface area contributed by atoms with Gasteiger partial charge in [-0.15, -0.1) is 0 Å². The average Bonchev–Trinajstić information content (AvgIpc) is 2.94. The Balaban J connectivity index is 1.85. The summed E-state index contributed by atoms with van der Waals surface area (Å²) in [6.45, 7) is 0. The number of cyclic esters (lactones) is 1. The maximum Gasteiger partial charge on any atom is 0.308 e.